The topological polar surface area (TPSA) is 46.3 Å². The summed E-state index contributed by atoms with van der Waals surface area (Å²) in [5.41, 5.74) is 6.59. The van der Waals surface area contributed by atoms with E-state index in [1.165, 1.54) is 6.07 Å². The molecule has 1 aromatic carbocycles. The highest BCUT2D eigenvalue weighted by molar-refractivity contribution is 5.78. The number of hydrogen-bond acceptors (Lipinski definition) is 2. The molecule has 2 unspecified atom stereocenters. The number of rotatable bonds is 4. The molecule has 1 aliphatic rings. The van der Waals surface area contributed by atoms with Crippen molar-refractivity contribution in [3.63, 3.8) is 0 Å². The first-order chi connectivity index (χ1) is 9.58. The Morgan fingerprint density at radius 1 is 1.50 bits per heavy atom. The van der Waals surface area contributed by atoms with Gasteiger partial charge in [0.05, 0.1) is 0 Å². The van der Waals surface area contributed by atoms with E-state index in [-0.39, 0.29) is 23.7 Å². The molecule has 0 aromatic heterocycles. The fourth-order valence-corrected chi connectivity index (χ4v) is 2.72. The maximum atomic E-state index is 13.5. The first kappa shape index (κ1) is 15.0. The smallest absolute Gasteiger partial charge is 0.225 e. The zero-order chi connectivity index (χ0) is 14.5. The van der Waals surface area contributed by atoms with Crippen molar-refractivity contribution in [1.82, 2.24) is 4.90 Å². The van der Waals surface area contributed by atoms with E-state index < -0.39 is 0 Å². The van der Waals surface area contributed by atoms with Crippen LogP contribution in [0.5, 0.6) is 0 Å². The summed E-state index contributed by atoms with van der Waals surface area (Å²) in [6.07, 6.45) is 3.24. The van der Waals surface area contributed by atoms with Crippen LogP contribution in [0.2, 0.25) is 0 Å². The van der Waals surface area contributed by atoms with E-state index in [4.69, 9.17) is 5.73 Å². The summed E-state index contributed by atoms with van der Waals surface area (Å²) in [7, 11) is 0. The van der Waals surface area contributed by atoms with Gasteiger partial charge in [-0.1, -0.05) is 25.1 Å². The lowest BCUT2D eigenvalue weighted by molar-refractivity contribution is -0.136. The van der Waals surface area contributed by atoms with Gasteiger partial charge in [-0.3, -0.25) is 4.79 Å². The Balaban J connectivity index is 1.86. The molecule has 1 amide bonds. The summed E-state index contributed by atoms with van der Waals surface area (Å²) >= 11 is 0. The second kappa shape index (κ2) is 6.84. The molecule has 2 atom stereocenters. The minimum Gasteiger partial charge on any atom is -0.341 e. The minimum atomic E-state index is -0.188. The van der Waals surface area contributed by atoms with Gasteiger partial charge in [0, 0.05) is 25.0 Å². The molecule has 1 heterocycles. The standard InChI is InChI=1S/C16H23FN2O/c1-12(8-9-13-5-2-3-7-15(13)17)16(20)19-10-4-6-14(18)11-19/h2-3,5,7,12,14H,4,6,8-11,18H2,1H3. The van der Waals surface area contributed by atoms with Crippen molar-refractivity contribution in [3.05, 3.63) is 35.6 Å². The molecule has 0 spiro atoms. The first-order valence-electron chi connectivity index (χ1n) is 7.35. The second-order valence-electron chi connectivity index (χ2n) is 5.72. The Bertz CT molecular complexity index is 464. The van der Waals surface area contributed by atoms with Gasteiger partial charge in [0.15, 0.2) is 0 Å². The summed E-state index contributed by atoms with van der Waals surface area (Å²) in [5, 5.41) is 0. The average molecular weight is 278 g/mol. The fraction of sp³-hybridized carbons (Fsp3) is 0.562. The Labute approximate surface area is 120 Å². The van der Waals surface area contributed by atoms with Gasteiger partial charge in [0.25, 0.3) is 0 Å². The van der Waals surface area contributed by atoms with Crippen molar-refractivity contribution >= 4 is 5.91 Å². The second-order valence-corrected chi connectivity index (χ2v) is 5.72. The third-order valence-corrected chi connectivity index (χ3v) is 4.00. The average Bonchev–Trinajstić information content (AvgIpc) is 2.45. The van der Waals surface area contributed by atoms with Crippen LogP contribution >= 0.6 is 0 Å². The number of piperidine rings is 1. The molecule has 0 saturated carbocycles. The van der Waals surface area contributed by atoms with E-state index in [1.54, 1.807) is 12.1 Å². The lowest BCUT2D eigenvalue weighted by Crippen LogP contribution is -2.47. The van der Waals surface area contributed by atoms with E-state index >= 15 is 0 Å². The summed E-state index contributed by atoms with van der Waals surface area (Å²) in [6, 6.07) is 6.86. The molecule has 0 bridgehead atoms. The van der Waals surface area contributed by atoms with Crippen LogP contribution in [0.3, 0.4) is 0 Å². The molecule has 110 valence electrons. The van der Waals surface area contributed by atoms with Gasteiger partial charge in [0.2, 0.25) is 5.91 Å². The van der Waals surface area contributed by atoms with Crippen molar-refractivity contribution < 1.29 is 9.18 Å². The van der Waals surface area contributed by atoms with Crippen molar-refractivity contribution in [1.29, 1.82) is 0 Å². The Morgan fingerprint density at radius 3 is 2.95 bits per heavy atom. The van der Waals surface area contributed by atoms with Crippen molar-refractivity contribution in [3.8, 4) is 0 Å². The Hall–Kier alpha value is -1.42. The zero-order valence-electron chi connectivity index (χ0n) is 12.0. The highest BCUT2D eigenvalue weighted by Gasteiger charge is 2.25. The lowest BCUT2D eigenvalue weighted by atomic mass is 9.98. The van der Waals surface area contributed by atoms with Gasteiger partial charge in [-0.2, -0.15) is 0 Å². The van der Waals surface area contributed by atoms with Crippen LogP contribution in [0, 0.1) is 11.7 Å². The van der Waals surface area contributed by atoms with Crippen molar-refractivity contribution in [2.75, 3.05) is 13.1 Å². The number of hydrogen-bond donors (Lipinski definition) is 1. The van der Waals surface area contributed by atoms with Gasteiger partial charge < -0.3 is 10.6 Å². The molecule has 1 saturated heterocycles. The highest BCUT2D eigenvalue weighted by atomic mass is 19.1. The molecule has 3 nitrogen and oxygen atoms in total. The number of carbonyl (C=O) groups excluding carboxylic acids is 1. The Morgan fingerprint density at radius 2 is 2.25 bits per heavy atom. The number of nitrogens with two attached hydrogens (primary N) is 1. The van der Waals surface area contributed by atoms with E-state index in [2.05, 4.69) is 0 Å². The molecule has 1 aromatic rings. The molecular weight excluding hydrogens is 255 g/mol. The summed E-state index contributed by atoms with van der Waals surface area (Å²) in [4.78, 5) is 14.2. The number of benzene rings is 1. The minimum absolute atomic E-state index is 0.0834. The van der Waals surface area contributed by atoms with Crippen LogP contribution in [0.15, 0.2) is 24.3 Å². The van der Waals surface area contributed by atoms with Crippen LogP contribution in [0.1, 0.15) is 31.7 Å². The normalized spacial score (nSPS) is 20.8. The van der Waals surface area contributed by atoms with Gasteiger partial charge >= 0.3 is 0 Å². The predicted molar refractivity (Wildman–Crippen MR) is 77.7 cm³/mol. The van der Waals surface area contributed by atoms with Crippen molar-refractivity contribution in [2.24, 2.45) is 11.7 Å². The SMILES string of the molecule is CC(CCc1ccccc1F)C(=O)N1CCCC(N)C1. The van der Waals surface area contributed by atoms with Gasteiger partial charge in [0.1, 0.15) is 5.82 Å². The van der Waals surface area contributed by atoms with Crippen LogP contribution < -0.4 is 5.73 Å². The number of nitrogens with zero attached hydrogens (tertiary/aromatic N) is 1. The summed E-state index contributed by atoms with van der Waals surface area (Å²) in [5.74, 6) is -0.122. The molecule has 1 fully saturated rings. The highest BCUT2D eigenvalue weighted by Crippen LogP contribution is 2.17. The molecule has 0 aliphatic carbocycles. The molecule has 0 radical (unpaired) electrons. The number of likely N-dealkylation sites (tertiary alicyclic amines) is 1. The predicted octanol–water partition coefficient (Wildman–Crippen LogP) is 2.34. The first-order valence-corrected chi connectivity index (χ1v) is 7.35. The van der Waals surface area contributed by atoms with Gasteiger partial charge in [-0.25, -0.2) is 4.39 Å². The summed E-state index contributed by atoms with van der Waals surface area (Å²) in [6.45, 7) is 3.38. The van der Waals surface area contributed by atoms with Gasteiger partial charge in [-0.05, 0) is 37.3 Å². The molecule has 2 rings (SSSR count). The van der Waals surface area contributed by atoms with Crippen LogP contribution in [-0.4, -0.2) is 29.9 Å². The van der Waals surface area contributed by atoms with Gasteiger partial charge in [-0.15, -0.1) is 0 Å². The molecule has 4 heteroatoms. The van der Waals surface area contributed by atoms with Crippen LogP contribution in [0.25, 0.3) is 0 Å². The molecule has 1 aliphatic heterocycles. The number of halogens is 1. The molecular formula is C16H23FN2O. The number of amides is 1. The number of aryl methyl sites for hydroxylation is 1. The van der Waals surface area contributed by atoms with Crippen LogP contribution in [0.4, 0.5) is 4.39 Å². The quantitative estimate of drug-likeness (QED) is 0.919. The van der Waals surface area contributed by atoms with E-state index in [1.807, 2.05) is 17.9 Å². The van der Waals surface area contributed by atoms with Crippen LogP contribution in [-0.2, 0) is 11.2 Å². The van der Waals surface area contributed by atoms with E-state index in [0.29, 0.717) is 24.9 Å². The fourth-order valence-electron chi connectivity index (χ4n) is 2.72. The van der Waals surface area contributed by atoms with Crippen molar-refractivity contribution in [2.45, 2.75) is 38.6 Å². The largest absolute Gasteiger partial charge is 0.341 e. The van der Waals surface area contributed by atoms with E-state index in [9.17, 15) is 9.18 Å². The maximum Gasteiger partial charge on any atom is 0.225 e. The molecule has 2 N–H and O–H groups in total. The maximum absolute atomic E-state index is 13.5. The lowest BCUT2D eigenvalue weighted by Gasteiger charge is -2.32. The molecule has 20 heavy (non-hydrogen) atoms. The zero-order valence-corrected chi connectivity index (χ0v) is 12.0. The monoisotopic (exact) mass is 278 g/mol. The third kappa shape index (κ3) is 3.79. The Kier molecular flexibility index (Phi) is 5.12. The summed E-state index contributed by atoms with van der Waals surface area (Å²) < 4.78 is 13.5. The van der Waals surface area contributed by atoms with E-state index in [0.717, 1.165) is 19.4 Å². The third-order valence-electron chi connectivity index (χ3n) is 4.00. The number of carbonyl (C=O) groups is 1.